The number of benzene rings is 1. The quantitative estimate of drug-likeness (QED) is 0.761. The van der Waals surface area contributed by atoms with Crippen molar-refractivity contribution in [3.8, 4) is 0 Å². The normalized spacial score (nSPS) is 19.3. The van der Waals surface area contributed by atoms with Crippen molar-refractivity contribution >= 4 is 24.2 Å². The van der Waals surface area contributed by atoms with Gasteiger partial charge in [0.1, 0.15) is 0 Å². The van der Waals surface area contributed by atoms with Crippen LogP contribution in [0.5, 0.6) is 0 Å². The van der Waals surface area contributed by atoms with Crippen molar-refractivity contribution in [2.45, 2.75) is 74.7 Å². The number of aliphatic hydroxyl groups is 1. The van der Waals surface area contributed by atoms with Crippen molar-refractivity contribution < 1.29 is 5.11 Å². The topological polar surface area (TPSA) is 46.2 Å². The predicted molar refractivity (Wildman–Crippen MR) is 98.8 cm³/mol. The standard InChI is InChI=1S/C18H29NOS.ClH/c1-18(2,3)21-15-12-8-7-11-14(15)16(19)17(20)13-9-5-4-6-10-13;/h7-8,11-13,16-17,20H,4-6,9-10,19H2,1-3H3;1H/t16-,17+;/m1./s1. The fraction of sp³-hybridized carbons (Fsp3) is 0.667. The van der Waals surface area contributed by atoms with Gasteiger partial charge in [-0.25, -0.2) is 0 Å². The smallest absolute Gasteiger partial charge is 0.0761 e. The summed E-state index contributed by atoms with van der Waals surface area (Å²) < 4.78 is 0.144. The number of hydrogen-bond acceptors (Lipinski definition) is 3. The number of aliphatic hydroxyl groups excluding tert-OH is 1. The summed E-state index contributed by atoms with van der Waals surface area (Å²) in [6, 6.07) is 8.00. The Balaban J connectivity index is 0.00000242. The van der Waals surface area contributed by atoms with Gasteiger partial charge in [0, 0.05) is 9.64 Å². The highest BCUT2D eigenvalue weighted by Crippen LogP contribution is 2.38. The van der Waals surface area contributed by atoms with E-state index in [0.717, 1.165) is 18.4 Å². The van der Waals surface area contributed by atoms with Gasteiger partial charge in [0.2, 0.25) is 0 Å². The highest BCUT2D eigenvalue weighted by molar-refractivity contribution is 8.00. The lowest BCUT2D eigenvalue weighted by molar-refractivity contribution is 0.0611. The second kappa shape index (κ2) is 8.58. The minimum Gasteiger partial charge on any atom is -0.391 e. The Hall–Kier alpha value is -0.220. The molecule has 2 rings (SSSR count). The average Bonchev–Trinajstić information content (AvgIpc) is 2.45. The lowest BCUT2D eigenvalue weighted by atomic mass is 9.81. The molecule has 2 atom stereocenters. The van der Waals surface area contributed by atoms with Crippen LogP contribution in [0, 0.1) is 5.92 Å². The Kier molecular flexibility index (Phi) is 7.73. The van der Waals surface area contributed by atoms with E-state index in [1.165, 1.54) is 24.2 Å². The Morgan fingerprint density at radius 2 is 1.73 bits per heavy atom. The van der Waals surface area contributed by atoms with E-state index in [0.29, 0.717) is 5.92 Å². The zero-order chi connectivity index (χ0) is 15.5. The van der Waals surface area contributed by atoms with Crippen molar-refractivity contribution in [1.82, 2.24) is 0 Å². The van der Waals surface area contributed by atoms with E-state index in [1.807, 2.05) is 17.8 Å². The Morgan fingerprint density at radius 3 is 2.32 bits per heavy atom. The molecule has 126 valence electrons. The van der Waals surface area contributed by atoms with Crippen LogP contribution in [0.25, 0.3) is 0 Å². The van der Waals surface area contributed by atoms with Crippen LogP contribution in [0.3, 0.4) is 0 Å². The molecule has 3 N–H and O–H groups in total. The molecular weight excluding hydrogens is 314 g/mol. The maximum absolute atomic E-state index is 10.7. The fourth-order valence-electron chi connectivity index (χ4n) is 3.13. The number of hydrogen-bond donors (Lipinski definition) is 2. The van der Waals surface area contributed by atoms with Gasteiger partial charge in [-0.3, -0.25) is 0 Å². The van der Waals surface area contributed by atoms with Crippen molar-refractivity contribution in [2.24, 2.45) is 11.7 Å². The molecule has 0 unspecified atom stereocenters. The van der Waals surface area contributed by atoms with Gasteiger partial charge in [0.05, 0.1) is 12.1 Å². The first-order valence-corrected chi connectivity index (χ1v) is 8.92. The molecule has 4 heteroatoms. The molecule has 0 saturated heterocycles. The van der Waals surface area contributed by atoms with Crippen LogP contribution < -0.4 is 5.73 Å². The lowest BCUT2D eigenvalue weighted by Gasteiger charge is -2.32. The van der Waals surface area contributed by atoms with Gasteiger partial charge < -0.3 is 10.8 Å². The Bertz CT molecular complexity index is 455. The molecule has 0 aromatic heterocycles. The summed E-state index contributed by atoms with van der Waals surface area (Å²) in [7, 11) is 0. The monoisotopic (exact) mass is 343 g/mol. The lowest BCUT2D eigenvalue weighted by Crippen LogP contribution is -2.34. The van der Waals surface area contributed by atoms with Gasteiger partial charge in [-0.05, 0) is 30.4 Å². The molecular formula is C18H30ClNOS. The van der Waals surface area contributed by atoms with E-state index in [2.05, 4.69) is 39.0 Å². The number of nitrogens with two attached hydrogens (primary N) is 1. The molecule has 22 heavy (non-hydrogen) atoms. The summed E-state index contributed by atoms with van der Waals surface area (Å²) >= 11 is 1.83. The Labute approximate surface area is 145 Å². The summed E-state index contributed by atoms with van der Waals surface area (Å²) in [4.78, 5) is 1.20. The van der Waals surface area contributed by atoms with Crippen LogP contribution in [-0.4, -0.2) is 16.0 Å². The third-order valence-electron chi connectivity index (χ3n) is 4.20. The molecule has 0 spiro atoms. The summed E-state index contributed by atoms with van der Waals surface area (Å²) in [6.07, 6.45) is 5.56. The van der Waals surface area contributed by atoms with Crippen molar-refractivity contribution in [1.29, 1.82) is 0 Å². The first-order valence-electron chi connectivity index (χ1n) is 8.10. The molecule has 1 aliphatic rings. The zero-order valence-electron chi connectivity index (χ0n) is 13.9. The zero-order valence-corrected chi connectivity index (χ0v) is 15.6. The Morgan fingerprint density at radius 1 is 1.14 bits per heavy atom. The highest BCUT2D eigenvalue weighted by atomic mass is 35.5. The molecule has 0 aliphatic heterocycles. The molecule has 1 saturated carbocycles. The SMILES string of the molecule is CC(C)(C)Sc1ccccc1[C@@H](N)[C@@H](O)C1CCCCC1.Cl. The van der Waals surface area contributed by atoms with E-state index in [1.54, 1.807) is 0 Å². The third kappa shape index (κ3) is 5.45. The molecule has 0 bridgehead atoms. The molecule has 0 radical (unpaired) electrons. The second-order valence-corrected chi connectivity index (χ2v) is 9.04. The molecule has 1 aromatic carbocycles. The molecule has 0 heterocycles. The average molecular weight is 344 g/mol. The van der Waals surface area contributed by atoms with Crippen molar-refractivity contribution in [3.63, 3.8) is 0 Å². The van der Waals surface area contributed by atoms with Crippen molar-refractivity contribution in [3.05, 3.63) is 29.8 Å². The van der Waals surface area contributed by atoms with Crippen LogP contribution in [0.15, 0.2) is 29.2 Å². The van der Waals surface area contributed by atoms with E-state index in [4.69, 9.17) is 5.73 Å². The molecule has 0 amide bonds. The maximum atomic E-state index is 10.7. The highest BCUT2D eigenvalue weighted by Gasteiger charge is 2.29. The number of thioether (sulfide) groups is 1. The van der Waals surface area contributed by atoms with Crippen LogP contribution in [-0.2, 0) is 0 Å². The van der Waals surface area contributed by atoms with E-state index in [-0.39, 0.29) is 23.2 Å². The van der Waals surface area contributed by atoms with E-state index < -0.39 is 6.10 Å². The van der Waals surface area contributed by atoms with E-state index >= 15 is 0 Å². The molecule has 2 nitrogen and oxygen atoms in total. The van der Waals surface area contributed by atoms with Gasteiger partial charge in [-0.2, -0.15) is 0 Å². The largest absolute Gasteiger partial charge is 0.391 e. The number of halogens is 1. The minimum absolute atomic E-state index is 0. The summed E-state index contributed by atoms with van der Waals surface area (Å²) in [5.74, 6) is 0.362. The van der Waals surface area contributed by atoms with Gasteiger partial charge in [0.15, 0.2) is 0 Å². The third-order valence-corrected chi connectivity index (χ3v) is 5.40. The van der Waals surface area contributed by atoms with Gasteiger partial charge in [-0.1, -0.05) is 58.2 Å². The minimum atomic E-state index is -0.424. The summed E-state index contributed by atoms with van der Waals surface area (Å²) in [5.41, 5.74) is 7.52. The van der Waals surface area contributed by atoms with Gasteiger partial charge in [-0.15, -0.1) is 24.2 Å². The molecule has 1 fully saturated rings. The summed E-state index contributed by atoms with van der Waals surface area (Å²) in [6.45, 7) is 6.62. The van der Waals surface area contributed by atoms with Crippen molar-refractivity contribution in [2.75, 3.05) is 0 Å². The first-order chi connectivity index (χ1) is 9.88. The summed E-state index contributed by atoms with van der Waals surface area (Å²) in [5, 5.41) is 10.7. The van der Waals surface area contributed by atoms with Crippen LogP contribution in [0.2, 0.25) is 0 Å². The van der Waals surface area contributed by atoms with Gasteiger partial charge in [0.25, 0.3) is 0 Å². The van der Waals surface area contributed by atoms with E-state index in [9.17, 15) is 5.11 Å². The fourth-order valence-corrected chi connectivity index (χ4v) is 4.26. The maximum Gasteiger partial charge on any atom is 0.0761 e. The van der Waals surface area contributed by atoms with Crippen LogP contribution in [0.1, 0.15) is 64.5 Å². The predicted octanol–water partition coefficient (Wildman–Crippen LogP) is 4.94. The second-order valence-electron chi connectivity index (χ2n) is 7.17. The van der Waals surface area contributed by atoms with Crippen LogP contribution in [0.4, 0.5) is 0 Å². The number of rotatable bonds is 4. The van der Waals surface area contributed by atoms with Crippen LogP contribution >= 0.6 is 24.2 Å². The first kappa shape index (κ1) is 19.8. The molecule has 1 aliphatic carbocycles. The van der Waals surface area contributed by atoms with Gasteiger partial charge >= 0.3 is 0 Å². The molecule has 1 aromatic rings.